The molecular formula is C16H10FNO3S. The van der Waals surface area contributed by atoms with E-state index in [2.05, 4.69) is 4.98 Å². The molecule has 0 atom stereocenters. The highest BCUT2D eigenvalue weighted by molar-refractivity contribution is 8.03. The molecule has 22 heavy (non-hydrogen) atoms. The van der Waals surface area contributed by atoms with Crippen molar-refractivity contribution in [1.29, 1.82) is 0 Å². The Kier molecular flexibility index (Phi) is 3.93. The number of hydrogen-bond donors (Lipinski definition) is 1. The van der Waals surface area contributed by atoms with Crippen LogP contribution in [0.4, 0.5) is 4.39 Å². The monoisotopic (exact) mass is 315 g/mol. The van der Waals surface area contributed by atoms with E-state index in [9.17, 15) is 14.3 Å². The van der Waals surface area contributed by atoms with Gasteiger partial charge in [0.05, 0.1) is 0 Å². The van der Waals surface area contributed by atoms with Gasteiger partial charge in [0.1, 0.15) is 16.2 Å². The zero-order valence-electron chi connectivity index (χ0n) is 11.2. The minimum atomic E-state index is -1.10. The van der Waals surface area contributed by atoms with Crippen molar-refractivity contribution in [2.24, 2.45) is 0 Å². The fourth-order valence-corrected chi connectivity index (χ4v) is 2.58. The Morgan fingerprint density at radius 2 is 1.91 bits per heavy atom. The Morgan fingerprint density at radius 1 is 1.18 bits per heavy atom. The molecule has 2 aromatic carbocycles. The summed E-state index contributed by atoms with van der Waals surface area (Å²) in [6, 6.07) is 12.7. The minimum Gasteiger partial charge on any atom is -0.477 e. The SMILES string of the molecule is O=C(O)/C(=C/c1ccc(F)cc1)Sc1nc2ccccc2o1. The first-order valence-corrected chi connectivity index (χ1v) is 7.17. The summed E-state index contributed by atoms with van der Waals surface area (Å²) < 4.78 is 18.4. The number of carboxylic acids is 1. The molecule has 1 aromatic heterocycles. The molecule has 0 saturated heterocycles. The number of fused-ring (bicyclic) bond motifs is 1. The highest BCUT2D eigenvalue weighted by Crippen LogP contribution is 2.30. The lowest BCUT2D eigenvalue weighted by Gasteiger charge is -1.99. The van der Waals surface area contributed by atoms with Gasteiger partial charge in [0, 0.05) is 0 Å². The van der Waals surface area contributed by atoms with Gasteiger partial charge in [-0.15, -0.1) is 0 Å². The Hall–Kier alpha value is -2.60. The van der Waals surface area contributed by atoms with E-state index in [0.717, 1.165) is 11.8 Å². The zero-order chi connectivity index (χ0) is 15.5. The third-order valence-corrected chi connectivity index (χ3v) is 3.71. The summed E-state index contributed by atoms with van der Waals surface area (Å²) in [5.74, 6) is -1.47. The first kappa shape index (κ1) is 14.3. The second-order valence-corrected chi connectivity index (χ2v) is 5.41. The molecule has 0 fully saturated rings. The molecule has 110 valence electrons. The normalized spacial score (nSPS) is 11.8. The van der Waals surface area contributed by atoms with Crippen molar-refractivity contribution in [3.8, 4) is 0 Å². The molecular weight excluding hydrogens is 305 g/mol. The van der Waals surface area contributed by atoms with Crippen molar-refractivity contribution in [1.82, 2.24) is 4.98 Å². The number of aromatic nitrogens is 1. The molecule has 0 spiro atoms. The van der Waals surface area contributed by atoms with Crippen LogP contribution in [-0.2, 0) is 4.79 Å². The van der Waals surface area contributed by atoms with E-state index in [4.69, 9.17) is 4.42 Å². The lowest BCUT2D eigenvalue weighted by molar-refractivity contribution is -0.131. The highest BCUT2D eigenvalue weighted by Gasteiger charge is 2.14. The predicted octanol–water partition coefficient (Wildman–Crippen LogP) is 4.18. The second-order valence-electron chi connectivity index (χ2n) is 4.41. The number of hydrogen-bond acceptors (Lipinski definition) is 4. The molecule has 0 aliphatic rings. The van der Waals surface area contributed by atoms with Crippen molar-refractivity contribution >= 4 is 34.9 Å². The van der Waals surface area contributed by atoms with Crippen molar-refractivity contribution in [3.63, 3.8) is 0 Å². The number of para-hydroxylation sites is 2. The number of nitrogens with zero attached hydrogens (tertiary/aromatic N) is 1. The number of carbonyl (C=O) groups is 1. The lowest BCUT2D eigenvalue weighted by atomic mass is 10.2. The summed E-state index contributed by atoms with van der Waals surface area (Å²) in [7, 11) is 0. The molecule has 4 nitrogen and oxygen atoms in total. The van der Waals surface area contributed by atoms with Gasteiger partial charge in [-0.2, -0.15) is 0 Å². The minimum absolute atomic E-state index is 0.0400. The Morgan fingerprint density at radius 3 is 2.59 bits per heavy atom. The van der Waals surface area contributed by atoms with Crippen LogP contribution in [0.5, 0.6) is 0 Å². The summed E-state index contributed by atoms with van der Waals surface area (Å²) in [6.45, 7) is 0. The molecule has 0 amide bonds. The van der Waals surface area contributed by atoms with E-state index in [0.29, 0.717) is 16.7 Å². The number of halogens is 1. The van der Waals surface area contributed by atoms with E-state index in [-0.39, 0.29) is 15.9 Å². The number of carboxylic acid groups (broad SMARTS) is 1. The van der Waals surface area contributed by atoms with Gasteiger partial charge in [-0.05, 0) is 47.7 Å². The first-order chi connectivity index (χ1) is 10.6. The van der Waals surface area contributed by atoms with Crippen LogP contribution < -0.4 is 0 Å². The van der Waals surface area contributed by atoms with Gasteiger partial charge in [0.25, 0.3) is 5.22 Å². The molecule has 0 saturated carbocycles. The first-order valence-electron chi connectivity index (χ1n) is 6.36. The van der Waals surface area contributed by atoms with Crippen LogP contribution in [0.3, 0.4) is 0 Å². The summed E-state index contributed by atoms with van der Waals surface area (Å²) >= 11 is 0.912. The van der Waals surface area contributed by atoms with E-state index in [1.54, 1.807) is 12.1 Å². The summed E-state index contributed by atoms with van der Waals surface area (Å²) in [5, 5.41) is 9.54. The Balaban J connectivity index is 1.91. The number of benzene rings is 2. The maximum Gasteiger partial charge on any atom is 0.342 e. The molecule has 0 unspecified atom stereocenters. The van der Waals surface area contributed by atoms with Crippen molar-refractivity contribution in [2.75, 3.05) is 0 Å². The largest absolute Gasteiger partial charge is 0.477 e. The fraction of sp³-hybridized carbons (Fsp3) is 0. The van der Waals surface area contributed by atoms with E-state index < -0.39 is 5.97 Å². The van der Waals surface area contributed by atoms with Gasteiger partial charge >= 0.3 is 5.97 Å². The molecule has 0 aliphatic carbocycles. The van der Waals surface area contributed by atoms with Crippen LogP contribution in [-0.4, -0.2) is 16.1 Å². The summed E-state index contributed by atoms with van der Waals surface area (Å²) in [4.78, 5) is 15.6. The number of aliphatic carboxylic acids is 1. The van der Waals surface area contributed by atoms with Gasteiger partial charge in [0.15, 0.2) is 5.58 Å². The smallest absolute Gasteiger partial charge is 0.342 e. The van der Waals surface area contributed by atoms with Gasteiger partial charge in [-0.1, -0.05) is 24.3 Å². The highest BCUT2D eigenvalue weighted by atomic mass is 32.2. The predicted molar refractivity (Wildman–Crippen MR) is 81.9 cm³/mol. The van der Waals surface area contributed by atoms with Crippen LogP contribution in [0.2, 0.25) is 0 Å². The standard InChI is InChI=1S/C16H10FNO3S/c17-11-7-5-10(6-8-11)9-14(15(19)20)22-16-18-12-3-1-2-4-13(12)21-16/h1-9H,(H,19,20)/b14-9-. The molecule has 0 bridgehead atoms. The average molecular weight is 315 g/mol. The number of oxazole rings is 1. The van der Waals surface area contributed by atoms with E-state index in [1.165, 1.54) is 30.3 Å². The molecule has 1 heterocycles. The third kappa shape index (κ3) is 3.17. The van der Waals surface area contributed by atoms with Gasteiger partial charge in [-0.25, -0.2) is 14.2 Å². The van der Waals surface area contributed by atoms with Crippen molar-refractivity contribution in [3.05, 3.63) is 64.8 Å². The van der Waals surface area contributed by atoms with E-state index in [1.807, 2.05) is 12.1 Å². The Labute approximate surface area is 129 Å². The van der Waals surface area contributed by atoms with Crippen LogP contribution in [0.1, 0.15) is 5.56 Å². The van der Waals surface area contributed by atoms with Gasteiger partial charge < -0.3 is 9.52 Å². The van der Waals surface area contributed by atoms with Crippen LogP contribution in [0.15, 0.2) is 63.1 Å². The second kappa shape index (κ2) is 6.03. The van der Waals surface area contributed by atoms with Crippen LogP contribution in [0.25, 0.3) is 17.2 Å². The topological polar surface area (TPSA) is 63.3 Å². The Bertz CT molecular complexity index is 822. The lowest BCUT2D eigenvalue weighted by Crippen LogP contribution is -1.96. The van der Waals surface area contributed by atoms with E-state index >= 15 is 0 Å². The zero-order valence-corrected chi connectivity index (χ0v) is 12.0. The quantitative estimate of drug-likeness (QED) is 0.578. The molecule has 0 aliphatic heterocycles. The summed E-state index contributed by atoms with van der Waals surface area (Å²) in [6.07, 6.45) is 1.45. The van der Waals surface area contributed by atoms with Gasteiger partial charge in [0.2, 0.25) is 0 Å². The maximum absolute atomic E-state index is 12.9. The molecule has 0 radical (unpaired) electrons. The van der Waals surface area contributed by atoms with Crippen LogP contribution >= 0.6 is 11.8 Å². The number of thioether (sulfide) groups is 1. The average Bonchev–Trinajstić information content (AvgIpc) is 2.91. The molecule has 3 aromatic rings. The van der Waals surface area contributed by atoms with Crippen LogP contribution in [0, 0.1) is 5.82 Å². The maximum atomic E-state index is 12.9. The summed E-state index contributed by atoms with van der Waals surface area (Å²) in [5.41, 5.74) is 1.84. The van der Waals surface area contributed by atoms with Crippen molar-refractivity contribution < 1.29 is 18.7 Å². The fourth-order valence-electron chi connectivity index (χ4n) is 1.83. The van der Waals surface area contributed by atoms with Crippen molar-refractivity contribution in [2.45, 2.75) is 5.22 Å². The molecule has 3 rings (SSSR count). The van der Waals surface area contributed by atoms with Gasteiger partial charge in [-0.3, -0.25) is 0 Å². The molecule has 6 heteroatoms. The number of rotatable bonds is 4. The third-order valence-electron chi connectivity index (χ3n) is 2.85. The molecule has 1 N–H and O–H groups in total.